The quantitative estimate of drug-likeness (QED) is 0.240. The van der Waals surface area contributed by atoms with Gasteiger partial charge in [0.05, 0.1) is 30.4 Å². The molecule has 4 aliphatic rings. The molecule has 292 valence electrons. The molecule has 0 aromatic heterocycles. The minimum atomic E-state index is -1.17. The number of likely N-dealkylation sites (N-methyl/N-ethyl adjacent to an activating group) is 1. The smallest absolute Gasteiger partial charge is 0.410 e. The highest BCUT2D eigenvalue weighted by Gasteiger charge is 2.60. The average Bonchev–Trinajstić information content (AvgIpc) is 3.25. The first-order valence-corrected chi connectivity index (χ1v) is 19.1. The third-order valence-electron chi connectivity index (χ3n) is 12.3. The first kappa shape index (κ1) is 40.8. The number of amides is 1. The molecule has 0 radical (unpaired) electrons. The molecule has 1 amide bonds. The summed E-state index contributed by atoms with van der Waals surface area (Å²) in [6.07, 6.45) is 2.20. The number of aliphatic hydroxyl groups is 1. The molecule has 1 aromatic carbocycles. The van der Waals surface area contributed by atoms with Gasteiger partial charge in [0.2, 0.25) is 0 Å². The van der Waals surface area contributed by atoms with E-state index in [1.807, 2.05) is 65.9 Å². The van der Waals surface area contributed by atoms with E-state index in [-0.39, 0.29) is 24.0 Å². The van der Waals surface area contributed by atoms with Crippen LogP contribution in [0.3, 0.4) is 0 Å². The van der Waals surface area contributed by atoms with Crippen molar-refractivity contribution >= 4 is 23.6 Å². The zero-order valence-electron chi connectivity index (χ0n) is 33.0. The number of nitrogens with zero attached hydrogens (tertiary/aromatic N) is 3. The van der Waals surface area contributed by atoms with Crippen molar-refractivity contribution in [2.45, 2.75) is 135 Å². The van der Waals surface area contributed by atoms with Crippen molar-refractivity contribution < 1.29 is 43.2 Å². The van der Waals surface area contributed by atoms with E-state index in [1.54, 1.807) is 18.9 Å². The van der Waals surface area contributed by atoms with E-state index in [1.165, 1.54) is 6.92 Å². The first-order valence-electron chi connectivity index (χ1n) is 19.1. The highest BCUT2D eigenvalue weighted by Crippen LogP contribution is 2.44. The molecule has 3 fully saturated rings. The standard InChI is InChI=1S/C41H59N3O9/c1-12-28-14-16-29(17-15-28)22-43(10)30-20-24(4)50-38(34(30)46)52-36-26(6)33(45)27(7)37(47)51-31(13-2)41(9)35-25(5)32(23(3)21-40(36,8)49-11)42-18-19-44(35)39(48)53-41/h1,14-17,23-27,30-31,34-36,38,46H,13,18-22H2,2-11H3/t23-,24-,25+,26+,27-,30+,31-,34-,35-,36-,38+,40-,41-/m1/s1. The SMILES string of the molecule is C#Cc1ccc(CN(C)[C@H]2C[C@@H](C)O[C@@H](O[C@@H]3[C@@H](C)C(=O)[C@@H](C)C(=O)O[C@H](CC)[C@@]4(C)OC(=O)N5CCN=C([C@H](C)C[C@@]3(C)OC)[C@H](C)[C@@H]54)[C@@H]2O)cc1. The zero-order chi connectivity index (χ0) is 39.0. The molecule has 0 unspecified atom stereocenters. The Bertz CT molecular complexity index is 1580. The Morgan fingerprint density at radius 2 is 1.77 bits per heavy atom. The number of carbonyl (C=O) groups is 3. The summed E-state index contributed by atoms with van der Waals surface area (Å²) in [7, 11) is 3.53. The van der Waals surface area contributed by atoms with Crippen LogP contribution in [0.2, 0.25) is 0 Å². The van der Waals surface area contributed by atoms with Crippen LogP contribution in [0.25, 0.3) is 0 Å². The van der Waals surface area contributed by atoms with Gasteiger partial charge >= 0.3 is 12.1 Å². The molecule has 53 heavy (non-hydrogen) atoms. The fourth-order valence-electron chi connectivity index (χ4n) is 9.34. The Kier molecular flexibility index (Phi) is 12.5. The summed E-state index contributed by atoms with van der Waals surface area (Å²) in [6, 6.07) is 6.96. The number of ether oxygens (including phenoxy) is 5. The van der Waals surface area contributed by atoms with Crippen LogP contribution in [0, 0.1) is 36.0 Å². The lowest BCUT2D eigenvalue weighted by molar-refractivity contribution is -0.296. The summed E-state index contributed by atoms with van der Waals surface area (Å²) in [5, 5.41) is 11.9. The number of aliphatic hydroxyl groups excluding tert-OH is 1. The summed E-state index contributed by atoms with van der Waals surface area (Å²) >= 11 is 0. The number of cyclic esters (lactones) is 1. The monoisotopic (exact) mass is 737 g/mol. The van der Waals surface area contributed by atoms with Crippen molar-refractivity contribution in [3.8, 4) is 12.3 Å². The molecule has 13 atom stereocenters. The molecule has 4 aliphatic heterocycles. The first-order chi connectivity index (χ1) is 25.0. The van der Waals surface area contributed by atoms with Gasteiger partial charge in [0.15, 0.2) is 17.7 Å². The van der Waals surface area contributed by atoms with Crippen molar-refractivity contribution in [2.24, 2.45) is 28.7 Å². The van der Waals surface area contributed by atoms with E-state index < -0.39 is 71.5 Å². The molecule has 12 nitrogen and oxygen atoms in total. The second kappa shape index (κ2) is 16.2. The van der Waals surface area contributed by atoms with Gasteiger partial charge in [-0.25, -0.2) is 4.79 Å². The van der Waals surface area contributed by atoms with Gasteiger partial charge in [-0.3, -0.25) is 24.4 Å². The van der Waals surface area contributed by atoms with Gasteiger partial charge in [-0.15, -0.1) is 6.42 Å². The molecule has 5 rings (SSSR count). The normalized spacial score (nSPS) is 39.8. The second-order valence-corrected chi connectivity index (χ2v) is 16.1. The fraction of sp³-hybridized carbons (Fsp3) is 0.707. The van der Waals surface area contributed by atoms with Gasteiger partial charge in [-0.2, -0.15) is 0 Å². The molecule has 12 heteroatoms. The number of ketones is 1. The van der Waals surface area contributed by atoms with Gasteiger partial charge in [-0.1, -0.05) is 45.7 Å². The summed E-state index contributed by atoms with van der Waals surface area (Å²) < 4.78 is 31.6. The molecule has 1 aromatic rings. The molecular weight excluding hydrogens is 678 g/mol. The van der Waals surface area contributed by atoms with Crippen LogP contribution in [-0.2, 0) is 39.8 Å². The van der Waals surface area contributed by atoms with Crippen LogP contribution >= 0.6 is 0 Å². The number of carbonyl (C=O) groups excluding carboxylic acids is 3. The van der Waals surface area contributed by atoms with Gasteiger partial charge in [0, 0.05) is 49.4 Å². The summed E-state index contributed by atoms with van der Waals surface area (Å²) in [5.41, 5.74) is 0.441. The van der Waals surface area contributed by atoms with Crippen LogP contribution in [-0.4, -0.2) is 120 Å². The van der Waals surface area contributed by atoms with Crippen LogP contribution in [0.4, 0.5) is 4.79 Å². The number of Topliss-reactive ketones (excluding diaryl/α,β-unsaturated/α-hetero) is 1. The molecule has 4 heterocycles. The van der Waals surface area contributed by atoms with E-state index in [0.29, 0.717) is 38.9 Å². The number of esters is 1. The number of terminal acetylenes is 1. The van der Waals surface area contributed by atoms with Crippen LogP contribution in [0.1, 0.15) is 85.8 Å². The lowest BCUT2D eigenvalue weighted by Crippen LogP contribution is -2.60. The van der Waals surface area contributed by atoms with Gasteiger partial charge in [0.25, 0.3) is 0 Å². The minimum Gasteiger partial charge on any atom is -0.458 e. The largest absolute Gasteiger partial charge is 0.458 e. The molecule has 3 saturated heterocycles. The number of benzene rings is 1. The van der Waals surface area contributed by atoms with Crippen LogP contribution in [0.5, 0.6) is 0 Å². The summed E-state index contributed by atoms with van der Waals surface area (Å²) in [6.45, 7) is 16.2. The molecule has 0 saturated carbocycles. The average molecular weight is 738 g/mol. The topological polar surface area (TPSA) is 136 Å². The van der Waals surface area contributed by atoms with Gasteiger partial charge in [-0.05, 0) is 77.6 Å². The van der Waals surface area contributed by atoms with Gasteiger partial charge < -0.3 is 28.8 Å². The molecule has 0 spiro atoms. The maximum absolute atomic E-state index is 14.3. The van der Waals surface area contributed by atoms with Crippen LogP contribution < -0.4 is 0 Å². The lowest BCUT2D eigenvalue weighted by Gasteiger charge is -2.47. The zero-order valence-corrected chi connectivity index (χ0v) is 33.0. The molecule has 2 bridgehead atoms. The molecule has 1 N–H and O–H groups in total. The van der Waals surface area contributed by atoms with Crippen LogP contribution in [0.15, 0.2) is 29.3 Å². The highest BCUT2D eigenvalue weighted by molar-refractivity contribution is 6.00. The Balaban J connectivity index is 1.50. The third kappa shape index (κ3) is 7.92. The fourth-order valence-corrected chi connectivity index (χ4v) is 9.34. The summed E-state index contributed by atoms with van der Waals surface area (Å²) in [5.74, 6) is -0.940. The van der Waals surface area contributed by atoms with E-state index in [9.17, 15) is 19.5 Å². The number of hydrogen-bond acceptors (Lipinski definition) is 11. The van der Waals surface area contributed by atoms with E-state index in [4.69, 9.17) is 35.1 Å². The second-order valence-electron chi connectivity index (χ2n) is 16.1. The lowest BCUT2D eigenvalue weighted by atomic mass is 9.73. The highest BCUT2D eigenvalue weighted by atomic mass is 16.7. The predicted octanol–water partition coefficient (Wildman–Crippen LogP) is 4.63. The van der Waals surface area contributed by atoms with E-state index in [0.717, 1.165) is 16.8 Å². The van der Waals surface area contributed by atoms with E-state index in [2.05, 4.69) is 17.7 Å². The Hall–Kier alpha value is -3.34. The number of fused-ring (bicyclic) bond motifs is 1. The maximum Gasteiger partial charge on any atom is 0.410 e. The predicted molar refractivity (Wildman–Crippen MR) is 199 cm³/mol. The molecular formula is C41H59N3O9. The van der Waals surface area contributed by atoms with Crippen molar-refractivity contribution in [1.29, 1.82) is 0 Å². The Labute approximate surface area is 314 Å². The summed E-state index contributed by atoms with van der Waals surface area (Å²) in [4.78, 5) is 50.3. The Morgan fingerprint density at radius 1 is 1.09 bits per heavy atom. The van der Waals surface area contributed by atoms with Crippen molar-refractivity contribution in [3.63, 3.8) is 0 Å². The van der Waals surface area contributed by atoms with E-state index >= 15 is 0 Å². The number of methoxy groups -OCH3 is 1. The van der Waals surface area contributed by atoms with Crippen molar-refractivity contribution in [1.82, 2.24) is 9.80 Å². The number of hydrogen-bond donors (Lipinski definition) is 1. The molecule has 0 aliphatic carbocycles. The number of aliphatic imine (C=N–C) groups is 1. The number of rotatable bonds is 7. The van der Waals surface area contributed by atoms with Crippen molar-refractivity contribution in [2.75, 3.05) is 27.2 Å². The Morgan fingerprint density at radius 3 is 2.40 bits per heavy atom. The van der Waals surface area contributed by atoms with Gasteiger partial charge in [0.1, 0.15) is 18.1 Å². The maximum atomic E-state index is 14.3. The third-order valence-corrected chi connectivity index (χ3v) is 12.3. The minimum absolute atomic E-state index is 0.179. The van der Waals surface area contributed by atoms with Crippen molar-refractivity contribution in [3.05, 3.63) is 35.4 Å².